The molecule has 0 unspecified atom stereocenters. The van der Waals surface area contributed by atoms with Crippen LogP contribution < -0.4 is 19.1 Å². The molecule has 1 fully saturated rings. The number of benzene rings is 4. The minimum absolute atomic E-state index is 0.170. The quantitative estimate of drug-likeness (QED) is 0.210. The second-order valence-electron chi connectivity index (χ2n) is 10.3. The number of sulfonamides is 1. The molecule has 1 aliphatic rings. The molecule has 0 aromatic heterocycles. The van der Waals surface area contributed by atoms with E-state index < -0.39 is 10.0 Å². The second-order valence-corrected chi connectivity index (χ2v) is 12.1. The molecule has 0 atom stereocenters. The van der Waals surface area contributed by atoms with E-state index >= 15 is 0 Å². The Morgan fingerprint density at radius 1 is 0.805 bits per heavy atom. The maximum Gasteiger partial charge on any atom is 0.229 e. The molecule has 0 saturated carbocycles. The normalized spacial score (nSPS) is 13.9. The van der Waals surface area contributed by atoms with Gasteiger partial charge in [-0.1, -0.05) is 54.6 Å². The Morgan fingerprint density at radius 2 is 1.46 bits per heavy atom. The molecule has 4 aromatic rings. The zero-order valence-electron chi connectivity index (χ0n) is 23.5. The minimum Gasteiger partial charge on any atom is -0.490 e. The lowest BCUT2D eigenvalue weighted by Crippen LogP contribution is -2.25. The number of nitrogens with one attached hydrogen (secondary N) is 1. The molecule has 5 rings (SSSR count). The molecular formula is C33H36N2O5S. The number of ether oxygens (including phenoxy) is 3. The van der Waals surface area contributed by atoms with Gasteiger partial charge < -0.3 is 19.1 Å². The molecule has 214 valence electrons. The van der Waals surface area contributed by atoms with Gasteiger partial charge in [0.25, 0.3) is 0 Å². The average molecular weight is 573 g/mol. The van der Waals surface area contributed by atoms with Crippen LogP contribution in [0.3, 0.4) is 0 Å². The number of anilines is 2. The molecule has 0 amide bonds. The zero-order chi connectivity index (χ0) is 28.7. The van der Waals surface area contributed by atoms with Crippen molar-refractivity contribution in [2.45, 2.75) is 39.0 Å². The van der Waals surface area contributed by atoms with Gasteiger partial charge >= 0.3 is 0 Å². The molecule has 41 heavy (non-hydrogen) atoms. The van der Waals surface area contributed by atoms with Crippen LogP contribution in [0.5, 0.6) is 17.2 Å². The van der Waals surface area contributed by atoms with E-state index in [-0.39, 0.29) is 6.10 Å². The maximum absolute atomic E-state index is 11.9. The number of rotatable bonds is 11. The molecule has 1 saturated heterocycles. The molecular weight excluding hydrogens is 536 g/mol. The summed E-state index contributed by atoms with van der Waals surface area (Å²) >= 11 is 0. The van der Waals surface area contributed by atoms with E-state index in [4.69, 9.17) is 14.2 Å². The molecule has 0 aliphatic carbocycles. The molecule has 0 radical (unpaired) electrons. The molecule has 8 heteroatoms. The topological polar surface area (TPSA) is 77.1 Å². The largest absolute Gasteiger partial charge is 0.490 e. The van der Waals surface area contributed by atoms with Crippen LogP contribution in [-0.4, -0.2) is 34.0 Å². The van der Waals surface area contributed by atoms with Crippen LogP contribution in [0.15, 0.2) is 97.1 Å². The van der Waals surface area contributed by atoms with Crippen molar-refractivity contribution >= 4 is 21.4 Å². The van der Waals surface area contributed by atoms with Gasteiger partial charge in [0.1, 0.15) is 23.4 Å². The summed E-state index contributed by atoms with van der Waals surface area (Å²) in [5.74, 6) is 2.26. The predicted octanol–water partition coefficient (Wildman–Crippen LogP) is 6.92. The Labute approximate surface area is 242 Å². The lowest BCUT2D eigenvalue weighted by atomic mass is 10.1. The van der Waals surface area contributed by atoms with Crippen LogP contribution in [0.25, 0.3) is 0 Å². The Hall–Kier alpha value is -4.01. The SMILES string of the molecule is Cc1c(NS(C)(=O)=O)cccc1N(Cc1ccccc1)Cc1ccc(Oc2cccc(OC3CCOCC3)c2)cc1. The van der Waals surface area contributed by atoms with E-state index in [1.807, 2.05) is 73.7 Å². The monoisotopic (exact) mass is 572 g/mol. The zero-order valence-corrected chi connectivity index (χ0v) is 24.3. The summed E-state index contributed by atoms with van der Waals surface area (Å²) in [6.45, 7) is 4.71. The Balaban J connectivity index is 1.32. The third kappa shape index (κ3) is 8.25. The van der Waals surface area contributed by atoms with Crippen molar-refractivity contribution in [2.75, 3.05) is 29.1 Å². The van der Waals surface area contributed by atoms with E-state index in [0.29, 0.717) is 18.8 Å². The van der Waals surface area contributed by atoms with Gasteiger partial charge in [-0.05, 0) is 60.0 Å². The molecule has 1 N–H and O–H groups in total. The van der Waals surface area contributed by atoms with Gasteiger partial charge in [-0.3, -0.25) is 4.72 Å². The van der Waals surface area contributed by atoms with Crippen LogP contribution in [-0.2, 0) is 27.8 Å². The van der Waals surface area contributed by atoms with E-state index in [1.165, 1.54) is 6.26 Å². The van der Waals surface area contributed by atoms with Crippen molar-refractivity contribution in [3.05, 3.63) is 114 Å². The standard InChI is InChI=1S/C33H36N2O5S/c1-25-32(34-41(2,36)37)12-7-13-33(25)35(23-26-8-4-3-5-9-26)24-27-14-16-28(17-15-27)39-30-10-6-11-31(22-30)40-29-18-20-38-21-19-29/h3-17,22,29,34H,18-21,23-24H2,1-2H3. The summed E-state index contributed by atoms with van der Waals surface area (Å²) in [5, 5.41) is 0. The van der Waals surface area contributed by atoms with Crippen LogP contribution in [0.1, 0.15) is 29.5 Å². The van der Waals surface area contributed by atoms with Crippen molar-refractivity contribution in [2.24, 2.45) is 0 Å². The Kier molecular flexibility index (Phi) is 9.11. The molecule has 4 aromatic carbocycles. The highest BCUT2D eigenvalue weighted by Crippen LogP contribution is 2.31. The van der Waals surface area contributed by atoms with Crippen molar-refractivity contribution in [1.82, 2.24) is 0 Å². The van der Waals surface area contributed by atoms with Crippen molar-refractivity contribution < 1.29 is 22.6 Å². The lowest BCUT2D eigenvalue weighted by Gasteiger charge is -2.28. The van der Waals surface area contributed by atoms with Gasteiger partial charge in [-0.2, -0.15) is 0 Å². The van der Waals surface area contributed by atoms with Crippen LogP contribution in [0, 0.1) is 6.92 Å². The maximum atomic E-state index is 11.9. The molecule has 0 bridgehead atoms. The summed E-state index contributed by atoms with van der Waals surface area (Å²) in [7, 11) is -3.40. The first kappa shape index (κ1) is 28.5. The number of nitrogens with zero attached hydrogens (tertiary/aromatic N) is 1. The predicted molar refractivity (Wildman–Crippen MR) is 163 cm³/mol. The third-order valence-corrected chi connectivity index (χ3v) is 7.56. The fraction of sp³-hybridized carbons (Fsp3) is 0.273. The molecule has 0 spiro atoms. The van der Waals surface area contributed by atoms with Gasteiger partial charge in [0, 0.05) is 37.7 Å². The molecule has 1 heterocycles. The highest BCUT2D eigenvalue weighted by Gasteiger charge is 2.17. The van der Waals surface area contributed by atoms with Gasteiger partial charge in [0.15, 0.2) is 0 Å². The second kappa shape index (κ2) is 13.1. The first-order valence-electron chi connectivity index (χ1n) is 13.8. The van der Waals surface area contributed by atoms with E-state index in [9.17, 15) is 8.42 Å². The van der Waals surface area contributed by atoms with E-state index in [1.54, 1.807) is 6.07 Å². The summed E-state index contributed by atoms with van der Waals surface area (Å²) < 4.78 is 44.2. The average Bonchev–Trinajstić information content (AvgIpc) is 2.96. The van der Waals surface area contributed by atoms with Crippen LogP contribution >= 0.6 is 0 Å². The number of hydrogen-bond donors (Lipinski definition) is 1. The summed E-state index contributed by atoms with van der Waals surface area (Å²) in [4.78, 5) is 2.26. The third-order valence-electron chi connectivity index (χ3n) is 6.97. The van der Waals surface area contributed by atoms with Crippen LogP contribution in [0.4, 0.5) is 11.4 Å². The summed E-state index contributed by atoms with van der Waals surface area (Å²) in [5.41, 5.74) is 4.68. The van der Waals surface area contributed by atoms with Crippen LogP contribution in [0.2, 0.25) is 0 Å². The van der Waals surface area contributed by atoms with Crippen molar-refractivity contribution in [3.8, 4) is 17.2 Å². The van der Waals surface area contributed by atoms with Crippen molar-refractivity contribution in [3.63, 3.8) is 0 Å². The highest BCUT2D eigenvalue weighted by molar-refractivity contribution is 7.92. The van der Waals surface area contributed by atoms with E-state index in [2.05, 4.69) is 33.9 Å². The Bertz CT molecular complexity index is 1540. The molecule has 7 nitrogen and oxygen atoms in total. The Morgan fingerprint density at radius 3 is 2.17 bits per heavy atom. The van der Waals surface area contributed by atoms with Gasteiger partial charge in [-0.25, -0.2) is 8.42 Å². The van der Waals surface area contributed by atoms with Gasteiger partial charge in [0.2, 0.25) is 10.0 Å². The smallest absolute Gasteiger partial charge is 0.229 e. The van der Waals surface area contributed by atoms with Crippen molar-refractivity contribution in [1.29, 1.82) is 0 Å². The fourth-order valence-corrected chi connectivity index (χ4v) is 5.54. The fourth-order valence-electron chi connectivity index (χ4n) is 4.92. The molecule has 1 aliphatic heterocycles. The first-order valence-corrected chi connectivity index (χ1v) is 15.7. The minimum atomic E-state index is -3.40. The lowest BCUT2D eigenvalue weighted by molar-refractivity contribution is 0.0255. The van der Waals surface area contributed by atoms with Gasteiger partial charge in [0.05, 0.1) is 25.2 Å². The highest BCUT2D eigenvalue weighted by atomic mass is 32.2. The van der Waals surface area contributed by atoms with E-state index in [0.717, 1.165) is 65.7 Å². The van der Waals surface area contributed by atoms with Gasteiger partial charge in [-0.15, -0.1) is 0 Å². The number of hydrogen-bond acceptors (Lipinski definition) is 6. The summed E-state index contributed by atoms with van der Waals surface area (Å²) in [6.07, 6.45) is 3.13. The first-order chi connectivity index (χ1) is 19.8. The summed E-state index contributed by atoms with van der Waals surface area (Å²) in [6, 6.07) is 31.7.